The van der Waals surface area contributed by atoms with E-state index in [9.17, 15) is 4.79 Å². The normalized spacial score (nSPS) is 9.38. The lowest BCUT2D eigenvalue weighted by Crippen LogP contribution is -2.14. The SMILES string of the molecule is CCCc1nn(CC#CI)c(=O)o1. The summed E-state index contributed by atoms with van der Waals surface area (Å²) < 4.78 is 8.77. The van der Waals surface area contributed by atoms with Crippen molar-refractivity contribution in [3.05, 3.63) is 16.4 Å². The van der Waals surface area contributed by atoms with Gasteiger partial charge in [0.1, 0.15) is 6.54 Å². The van der Waals surface area contributed by atoms with Crippen molar-refractivity contribution in [2.75, 3.05) is 0 Å². The lowest BCUT2D eigenvalue weighted by atomic mass is 10.3. The molecule has 0 spiro atoms. The van der Waals surface area contributed by atoms with Gasteiger partial charge in [-0.2, -0.15) is 4.68 Å². The average Bonchev–Trinajstić information content (AvgIpc) is 2.44. The van der Waals surface area contributed by atoms with Crippen molar-refractivity contribution in [2.24, 2.45) is 0 Å². The van der Waals surface area contributed by atoms with Crippen LogP contribution in [0, 0.1) is 9.85 Å². The third kappa shape index (κ3) is 2.88. The summed E-state index contributed by atoms with van der Waals surface area (Å²) in [5.41, 5.74) is 0. The van der Waals surface area contributed by atoms with Gasteiger partial charge in [0.25, 0.3) is 0 Å². The van der Waals surface area contributed by atoms with Crippen LogP contribution in [0.1, 0.15) is 19.2 Å². The van der Waals surface area contributed by atoms with Gasteiger partial charge in [0, 0.05) is 29.0 Å². The minimum absolute atomic E-state index is 0.301. The van der Waals surface area contributed by atoms with Crippen LogP contribution in [-0.4, -0.2) is 9.78 Å². The Labute approximate surface area is 89.5 Å². The van der Waals surface area contributed by atoms with Gasteiger partial charge < -0.3 is 4.42 Å². The lowest BCUT2D eigenvalue weighted by Gasteiger charge is -1.86. The van der Waals surface area contributed by atoms with Gasteiger partial charge in [-0.05, 0) is 10.3 Å². The largest absolute Gasteiger partial charge is 0.438 e. The summed E-state index contributed by atoms with van der Waals surface area (Å²) in [5, 5.41) is 3.97. The van der Waals surface area contributed by atoms with Crippen LogP contribution in [0.2, 0.25) is 0 Å². The minimum atomic E-state index is -0.428. The van der Waals surface area contributed by atoms with Crippen molar-refractivity contribution in [3.63, 3.8) is 0 Å². The van der Waals surface area contributed by atoms with Crippen LogP contribution in [0.5, 0.6) is 0 Å². The number of halogens is 1. The monoisotopic (exact) mass is 292 g/mol. The van der Waals surface area contributed by atoms with Crippen LogP contribution in [-0.2, 0) is 13.0 Å². The third-order valence-corrected chi connectivity index (χ3v) is 1.79. The molecule has 5 heteroatoms. The van der Waals surface area contributed by atoms with Crippen LogP contribution < -0.4 is 5.76 Å². The zero-order valence-corrected chi connectivity index (χ0v) is 9.37. The predicted octanol–water partition coefficient (Wildman–Crippen LogP) is 1.18. The van der Waals surface area contributed by atoms with Gasteiger partial charge in [-0.1, -0.05) is 12.8 Å². The Morgan fingerprint density at radius 2 is 2.46 bits per heavy atom. The van der Waals surface area contributed by atoms with Crippen molar-refractivity contribution >= 4 is 22.6 Å². The Balaban J connectivity index is 2.81. The molecule has 0 fully saturated rings. The smallest absolute Gasteiger partial charge is 0.392 e. The molecule has 1 rings (SSSR count). The summed E-state index contributed by atoms with van der Waals surface area (Å²) in [7, 11) is 0. The minimum Gasteiger partial charge on any atom is -0.392 e. The van der Waals surface area contributed by atoms with E-state index in [1.807, 2.05) is 29.5 Å². The lowest BCUT2D eigenvalue weighted by molar-refractivity contribution is 0.449. The maximum Gasteiger partial charge on any atom is 0.438 e. The number of aromatic nitrogens is 2. The van der Waals surface area contributed by atoms with Crippen LogP contribution in [0.25, 0.3) is 0 Å². The van der Waals surface area contributed by atoms with Gasteiger partial charge in [-0.25, -0.2) is 4.79 Å². The van der Waals surface area contributed by atoms with E-state index in [1.54, 1.807) is 0 Å². The molecule has 0 atom stereocenters. The number of rotatable bonds is 3. The molecule has 0 aromatic carbocycles. The molecule has 4 nitrogen and oxygen atoms in total. The third-order valence-electron chi connectivity index (χ3n) is 1.41. The highest BCUT2D eigenvalue weighted by Gasteiger charge is 2.04. The molecular weight excluding hydrogens is 283 g/mol. The van der Waals surface area contributed by atoms with Gasteiger partial charge in [-0.15, -0.1) is 5.10 Å². The zero-order chi connectivity index (χ0) is 9.68. The standard InChI is InChI=1S/C8H9IN2O2/c1-2-4-7-10-11(6-3-5-9)8(12)13-7/h2,4,6H2,1H3. The fourth-order valence-corrected chi connectivity index (χ4v) is 1.04. The first kappa shape index (κ1) is 10.3. The molecule has 0 aliphatic heterocycles. The van der Waals surface area contributed by atoms with Crippen molar-refractivity contribution in [3.8, 4) is 9.85 Å². The Morgan fingerprint density at radius 1 is 1.69 bits per heavy atom. The van der Waals surface area contributed by atoms with E-state index in [1.165, 1.54) is 4.68 Å². The molecular formula is C8H9IN2O2. The molecule has 0 saturated carbocycles. The molecule has 70 valence electrons. The molecule has 0 N–H and O–H groups in total. The Morgan fingerprint density at radius 3 is 3.08 bits per heavy atom. The quantitative estimate of drug-likeness (QED) is 0.621. The van der Waals surface area contributed by atoms with E-state index >= 15 is 0 Å². The number of hydrogen-bond acceptors (Lipinski definition) is 3. The van der Waals surface area contributed by atoms with E-state index in [0.29, 0.717) is 18.9 Å². The Hall–Kier alpha value is -0.770. The summed E-state index contributed by atoms with van der Waals surface area (Å²) in [6, 6.07) is 0. The fourth-order valence-electron chi connectivity index (χ4n) is 0.869. The van der Waals surface area contributed by atoms with Gasteiger partial charge in [0.2, 0.25) is 5.89 Å². The summed E-state index contributed by atoms with van der Waals surface area (Å²) in [6.45, 7) is 2.30. The maximum absolute atomic E-state index is 11.1. The Bertz CT molecular complexity index is 383. The van der Waals surface area contributed by atoms with E-state index in [-0.39, 0.29) is 0 Å². The molecule has 13 heavy (non-hydrogen) atoms. The van der Waals surface area contributed by atoms with E-state index in [2.05, 4.69) is 14.9 Å². The molecule has 0 amide bonds. The predicted molar refractivity (Wildman–Crippen MR) is 56.6 cm³/mol. The van der Waals surface area contributed by atoms with Crippen LogP contribution in [0.15, 0.2) is 9.21 Å². The van der Waals surface area contributed by atoms with E-state index < -0.39 is 5.76 Å². The molecule has 1 aromatic heterocycles. The van der Waals surface area contributed by atoms with Gasteiger partial charge in [0.15, 0.2) is 0 Å². The zero-order valence-electron chi connectivity index (χ0n) is 7.21. The highest BCUT2D eigenvalue weighted by atomic mass is 127. The van der Waals surface area contributed by atoms with Crippen LogP contribution in [0.4, 0.5) is 0 Å². The highest BCUT2D eigenvalue weighted by molar-refractivity contribution is 14.1. The fraction of sp³-hybridized carbons (Fsp3) is 0.500. The van der Waals surface area contributed by atoms with Crippen LogP contribution in [0.3, 0.4) is 0 Å². The van der Waals surface area contributed by atoms with Gasteiger partial charge in [-0.3, -0.25) is 0 Å². The highest BCUT2D eigenvalue weighted by Crippen LogP contribution is 1.94. The van der Waals surface area contributed by atoms with Gasteiger partial charge in [0.05, 0.1) is 0 Å². The van der Waals surface area contributed by atoms with E-state index in [0.717, 1.165) is 6.42 Å². The number of hydrogen-bond donors (Lipinski definition) is 0. The molecule has 1 heterocycles. The number of nitrogens with zero attached hydrogens (tertiary/aromatic N) is 2. The second-order valence-electron chi connectivity index (χ2n) is 2.44. The molecule has 1 aromatic rings. The topological polar surface area (TPSA) is 48.0 Å². The number of aryl methyl sites for hydroxylation is 1. The summed E-state index contributed by atoms with van der Waals surface area (Å²) >= 11 is 1.91. The van der Waals surface area contributed by atoms with Crippen molar-refractivity contribution in [1.82, 2.24) is 9.78 Å². The van der Waals surface area contributed by atoms with Crippen LogP contribution >= 0.6 is 22.6 Å². The molecule has 0 unspecified atom stereocenters. The van der Waals surface area contributed by atoms with Crippen molar-refractivity contribution < 1.29 is 4.42 Å². The molecule has 0 radical (unpaired) electrons. The maximum atomic E-state index is 11.1. The van der Waals surface area contributed by atoms with Gasteiger partial charge >= 0.3 is 5.76 Å². The van der Waals surface area contributed by atoms with E-state index in [4.69, 9.17) is 4.42 Å². The summed E-state index contributed by atoms with van der Waals surface area (Å²) in [6.07, 6.45) is 1.61. The first-order valence-electron chi connectivity index (χ1n) is 3.93. The molecule has 0 bridgehead atoms. The average molecular weight is 292 g/mol. The molecule has 0 saturated heterocycles. The molecule has 0 aliphatic carbocycles. The van der Waals surface area contributed by atoms with Crippen molar-refractivity contribution in [1.29, 1.82) is 0 Å². The summed E-state index contributed by atoms with van der Waals surface area (Å²) in [5.74, 6) is 2.80. The van der Waals surface area contributed by atoms with Crippen molar-refractivity contribution in [2.45, 2.75) is 26.3 Å². The summed E-state index contributed by atoms with van der Waals surface area (Å²) in [4.78, 5) is 11.1. The second kappa shape index (κ2) is 5.07. The second-order valence-corrected chi connectivity index (χ2v) is 2.98. The first-order valence-corrected chi connectivity index (χ1v) is 5.01. The molecule has 0 aliphatic rings. The first-order chi connectivity index (χ1) is 6.27. The Kier molecular flexibility index (Phi) is 4.02.